The van der Waals surface area contributed by atoms with Crippen molar-refractivity contribution in [1.29, 1.82) is 0 Å². The van der Waals surface area contributed by atoms with Crippen LogP contribution in [0.4, 0.5) is 17.6 Å². The second kappa shape index (κ2) is 7.25. The molecule has 0 fully saturated rings. The third-order valence-corrected chi connectivity index (χ3v) is 4.48. The minimum absolute atomic E-state index is 0.000884. The van der Waals surface area contributed by atoms with Gasteiger partial charge in [0.05, 0.1) is 23.2 Å². The molecule has 0 N–H and O–H groups in total. The summed E-state index contributed by atoms with van der Waals surface area (Å²) in [7, 11) is 0. The average Bonchev–Trinajstić information content (AvgIpc) is 2.69. The number of pyridine rings is 2. The largest absolute Gasteiger partial charge is 0.462 e. The molecule has 0 aliphatic heterocycles. The highest BCUT2D eigenvalue weighted by Crippen LogP contribution is 2.24. The summed E-state index contributed by atoms with van der Waals surface area (Å²) in [4.78, 5) is 29.3. The average molecular weight is 416 g/mol. The summed E-state index contributed by atoms with van der Waals surface area (Å²) in [6.07, 6.45) is 1.03. The van der Waals surface area contributed by atoms with E-state index in [1.165, 1.54) is 6.07 Å². The molecule has 0 bridgehead atoms. The standard InChI is InChI=1S/C21H12F4N2O3/c1-2-30-21(29)13-9-27(18-4-3-11(22)7-16(18)25)20-12(19(13)28)5-10-6-14(23)15(24)8-17(10)26-20/h3-9H,2H2,1H3. The van der Waals surface area contributed by atoms with Crippen molar-refractivity contribution in [2.24, 2.45) is 0 Å². The van der Waals surface area contributed by atoms with Gasteiger partial charge in [0, 0.05) is 23.7 Å². The van der Waals surface area contributed by atoms with Gasteiger partial charge in [0.1, 0.15) is 22.8 Å². The first kappa shape index (κ1) is 19.6. The van der Waals surface area contributed by atoms with Crippen LogP contribution in [0.5, 0.6) is 0 Å². The minimum Gasteiger partial charge on any atom is -0.462 e. The van der Waals surface area contributed by atoms with Gasteiger partial charge in [-0.15, -0.1) is 0 Å². The molecule has 4 rings (SSSR count). The molecule has 0 saturated heterocycles. The molecule has 9 heteroatoms. The number of hydrogen-bond acceptors (Lipinski definition) is 4. The zero-order valence-electron chi connectivity index (χ0n) is 15.4. The van der Waals surface area contributed by atoms with E-state index in [1.807, 2.05) is 0 Å². The van der Waals surface area contributed by atoms with E-state index >= 15 is 0 Å². The molecule has 2 heterocycles. The molecule has 0 atom stereocenters. The van der Waals surface area contributed by atoms with E-state index in [2.05, 4.69) is 4.98 Å². The molecular formula is C21H12F4N2O3. The predicted molar refractivity (Wildman–Crippen MR) is 101 cm³/mol. The van der Waals surface area contributed by atoms with Crippen molar-refractivity contribution in [2.75, 3.05) is 6.61 Å². The number of benzene rings is 2. The van der Waals surface area contributed by atoms with Gasteiger partial charge in [-0.25, -0.2) is 27.3 Å². The topological polar surface area (TPSA) is 61.2 Å². The number of carbonyl (C=O) groups is 1. The van der Waals surface area contributed by atoms with Crippen LogP contribution < -0.4 is 5.43 Å². The Balaban J connectivity index is 2.15. The van der Waals surface area contributed by atoms with Gasteiger partial charge in [0.25, 0.3) is 0 Å². The van der Waals surface area contributed by atoms with Gasteiger partial charge in [-0.2, -0.15) is 0 Å². The van der Waals surface area contributed by atoms with Crippen LogP contribution in [0.1, 0.15) is 17.3 Å². The first-order valence-corrected chi connectivity index (χ1v) is 8.78. The molecule has 0 unspecified atom stereocenters. The maximum Gasteiger partial charge on any atom is 0.343 e. The Hall–Kier alpha value is -3.75. The van der Waals surface area contributed by atoms with Crippen LogP contribution in [-0.2, 0) is 4.74 Å². The second-order valence-electron chi connectivity index (χ2n) is 6.38. The lowest BCUT2D eigenvalue weighted by molar-refractivity contribution is 0.0524. The zero-order chi connectivity index (χ0) is 21.6. The van der Waals surface area contributed by atoms with Crippen LogP contribution >= 0.6 is 0 Å². The number of ether oxygens (including phenoxy) is 1. The number of esters is 1. The molecule has 0 saturated carbocycles. The highest BCUT2D eigenvalue weighted by Gasteiger charge is 2.20. The van der Waals surface area contributed by atoms with E-state index in [4.69, 9.17) is 4.74 Å². The Morgan fingerprint density at radius 3 is 2.47 bits per heavy atom. The molecule has 2 aromatic heterocycles. The SMILES string of the molecule is CCOC(=O)c1cn(-c2ccc(F)cc2F)c2nc3cc(F)c(F)cc3cc2c1=O. The second-order valence-corrected chi connectivity index (χ2v) is 6.38. The fourth-order valence-corrected chi connectivity index (χ4v) is 3.12. The van der Waals surface area contributed by atoms with E-state index in [9.17, 15) is 27.2 Å². The number of rotatable bonds is 3. The summed E-state index contributed by atoms with van der Waals surface area (Å²) in [5, 5.41) is -0.0478. The third kappa shape index (κ3) is 3.18. The molecule has 4 aromatic rings. The van der Waals surface area contributed by atoms with Crippen LogP contribution in [0.15, 0.2) is 47.4 Å². The monoisotopic (exact) mass is 416 g/mol. The molecule has 0 spiro atoms. The molecule has 0 aliphatic rings. The van der Waals surface area contributed by atoms with Gasteiger partial charge in [-0.05, 0) is 31.2 Å². The lowest BCUT2D eigenvalue weighted by Gasteiger charge is -2.14. The minimum atomic E-state index is -1.15. The maximum absolute atomic E-state index is 14.5. The van der Waals surface area contributed by atoms with E-state index in [1.54, 1.807) is 6.92 Å². The summed E-state index contributed by atoms with van der Waals surface area (Å²) >= 11 is 0. The molecule has 152 valence electrons. The first-order chi connectivity index (χ1) is 14.3. The highest BCUT2D eigenvalue weighted by molar-refractivity contribution is 5.97. The quantitative estimate of drug-likeness (QED) is 0.284. The summed E-state index contributed by atoms with van der Waals surface area (Å²) < 4.78 is 61.1. The van der Waals surface area contributed by atoms with E-state index < -0.39 is 40.2 Å². The molecule has 0 aliphatic carbocycles. The normalized spacial score (nSPS) is 11.2. The lowest BCUT2D eigenvalue weighted by atomic mass is 10.1. The molecule has 0 radical (unpaired) electrons. The summed E-state index contributed by atoms with van der Waals surface area (Å²) in [5.74, 6) is -5.06. The fraction of sp³-hybridized carbons (Fsp3) is 0.0952. The van der Waals surface area contributed by atoms with Crippen LogP contribution in [0.25, 0.3) is 27.6 Å². The molecule has 5 nitrogen and oxygen atoms in total. The van der Waals surface area contributed by atoms with E-state index in [0.717, 1.165) is 35.0 Å². The van der Waals surface area contributed by atoms with Crippen molar-refractivity contribution in [2.45, 2.75) is 6.92 Å². The molecular weight excluding hydrogens is 404 g/mol. The number of fused-ring (bicyclic) bond motifs is 2. The third-order valence-electron chi connectivity index (χ3n) is 4.48. The predicted octanol–water partition coefficient (Wildman–Crippen LogP) is 4.27. The number of hydrogen-bond donors (Lipinski definition) is 0. The number of carbonyl (C=O) groups excluding carboxylic acids is 1. The van der Waals surface area contributed by atoms with Crippen molar-refractivity contribution in [3.8, 4) is 5.69 Å². The number of aromatic nitrogens is 2. The Morgan fingerprint density at radius 2 is 1.77 bits per heavy atom. The van der Waals surface area contributed by atoms with Gasteiger partial charge in [0.2, 0.25) is 5.43 Å². The Morgan fingerprint density at radius 1 is 1.03 bits per heavy atom. The maximum atomic E-state index is 14.5. The first-order valence-electron chi connectivity index (χ1n) is 8.78. The molecule has 0 amide bonds. The number of halogens is 4. The summed E-state index contributed by atoms with van der Waals surface area (Å²) in [6, 6.07) is 5.63. The van der Waals surface area contributed by atoms with Gasteiger partial charge in [0.15, 0.2) is 11.6 Å². The molecule has 30 heavy (non-hydrogen) atoms. The Kier molecular flexibility index (Phi) is 4.73. The Bertz CT molecular complexity index is 1400. The zero-order valence-corrected chi connectivity index (χ0v) is 15.4. The van der Waals surface area contributed by atoms with E-state index in [-0.39, 0.29) is 34.2 Å². The Labute approximate surface area is 166 Å². The van der Waals surface area contributed by atoms with Gasteiger partial charge >= 0.3 is 5.97 Å². The smallest absolute Gasteiger partial charge is 0.343 e. The van der Waals surface area contributed by atoms with Gasteiger partial charge in [-0.1, -0.05) is 0 Å². The van der Waals surface area contributed by atoms with Crippen LogP contribution in [0.2, 0.25) is 0 Å². The summed E-state index contributed by atoms with van der Waals surface area (Å²) in [6.45, 7) is 1.53. The van der Waals surface area contributed by atoms with Crippen LogP contribution in [0, 0.1) is 23.3 Å². The van der Waals surface area contributed by atoms with Gasteiger partial charge in [-0.3, -0.25) is 9.36 Å². The van der Waals surface area contributed by atoms with Crippen molar-refractivity contribution in [3.63, 3.8) is 0 Å². The van der Waals surface area contributed by atoms with Crippen LogP contribution in [-0.4, -0.2) is 22.1 Å². The van der Waals surface area contributed by atoms with Crippen LogP contribution in [0.3, 0.4) is 0 Å². The highest BCUT2D eigenvalue weighted by atomic mass is 19.2. The fourth-order valence-electron chi connectivity index (χ4n) is 3.12. The van der Waals surface area contributed by atoms with E-state index in [0.29, 0.717) is 6.07 Å². The number of nitrogens with zero attached hydrogens (tertiary/aromatic N) is 2. The van der Waals surface area contributed by atoms with Gasteiger partial charge < -0.3 is 4.74 Å². The van der Waals surface area contributed by atoms with Crippen molar-refractivity contribution in [1.82, 2.24) is 9.55 Å². The summed E-state index contributed by atoms with van der Waals surface area (Å²) in [5.41, 5.74) is -1.53. The van der Waals surface area contributed by atoms with Crippen molar-refractivity contribution in [3.05, 3.63) is 81.7 Å². The lowest BCUT2D eigenvalue weighted by Crippen LogP contribution is -2.21. The molecule has 2 aromatic carbocycles. The van der Waals surface area contributed by atoms with Crippen molar-refractivity contribution >= 4 is 27.9 Å². The van der Waals surface area contributed by atoms with Crippen molar-refractivity contribution < 1.29 is 27.1 Å².